The lowest BCUT2D eigenvalue weighted by molar-refractivity contribution is 0.109. The SMILES string of the molecule is OC1(NC2CC2)CC1. The highest BCUT2D eigenvalue weighted by molar-refractivity contribution is 4.96. The Bertz CT molecular complexity index is 105. The molecule has 46 valence electrons. The molecule has 0 aromatic carbocycles. The molecule has 0 amide bonds. The van der Waals surface area contributed by atoms with E-state index in [0.29, 0.717) is 6.04 Å². The number of rotatable bonds is 2. The van der Waals surface area contributed by atoms with Gasteiger partial charge in [-0.25, -0.2) is 0 Å². The summed E-state index contributed by atoms with van der Waals surface area (Å²) in [7, 11) is 0. The molecule has 2 fully saturated rings. The molecule has 2 N–H and O–H groups in total. The molecule has 8 heavy (non-hydrogen) atoms. The van der Waals surface area contributed by atoms with E-state index in [-0.39, 0.29) is 0 Å². The fraction of sp³-hybridized carbons (Fsp3) is 1.00. The van der Waals surface area contributed by atoms with E-state index in [1.54, 1.807) is 0 Å². The van der Waals surface area contributed by atoms with Gasteiger partial charge in [-0.15, -0.1) is 0 Å². The summed E-state index contributed by atoms with van der Waals surface area (Å²) in [5, 5.41) is 12.4. The van der Waals surface area contributed by atoms with Crippen LogP contribution in [0.1, 0.15) is 25.7 Å². The van der Waals surface area contributed by atoms with E-state index < -0.39 is 5.72 Å². The zero-order chi connectivity index (χ0) is 5.61. The molecule has 0 heterocycles. The summed E-state index contributed by atoms with van der Waals surface area (Å²) in [6.45, 7) is 0. The van der Waals surface area contributed by atoms with Gasteiger partial charge in [-0.3, -0.25) is 5.32 Å². The van der Waals surface area contributed by atoms with Crippen LogP contribution in [0, 0.1) is 0 Å². The Hall–Kier alpha value is -0.0800. The molecule has 0 atom stereocenters. The van der Waals surface area contributed by atoms with Gasteiger partial charge in [-0.05, 0) is 25.7 Å². The molecule has 0 spiro atoms. The van der Waals surface area contributed by atoms with E-state index in [2.05, 4.69) is 5.32 Å². The highest BCUT2D eigenvalue weighted by Crippen LogP contribution is 2.35. The predicted octanol–water partition coefficient (Wildman–Crippen LogP) is 0.221. The summed E-state index contributed by atoms with van der Waals surface area (Å²) < 4.78 is 0. The lowest BCUT2D eigenvalue weighted by Gasteiger charge is -2.06. The monoisotopic (exact) mass is 113 g/mol. The van der Waals surface area contributed by atoms with Crippen molar-refractivity contribution in [1.82, 2.24) is 5.32 Å². The standard InChI is InChI=1S/C6H11NO/c8-6(3-4-6)7-5-1-2-5/h5,7-8H,1-4H2. The van der Waals surface area contributed by atoms with Crippen molar-refractivity contribution in [2.75, 3.05) is 0 Å². The smallest absolute Gasteiger partial charge is 0.116 e. The zero-order valence-corrected chi connectivity index (χ0v) is 4.85. The summed E-state index contributed by atoms with van der Waals surface area (Å²) in [4.78, 5) is 0. The van der Waals surface area contributed by atoms with Crippen LogP contribution in [0.25, 0.3) is 0 Å². The van der Waals surface area contributed by atoms with Crippen LogP contribution in [0.5, 0.6) is 0 Å². The van der Waals surface area contributed by atoms with Gasteiger partial charge in [0.15, 0.2) is 0 Å². The van der Waals surface area contributed by atoms with Crippen molar-refractivity contribution in [3.05, 3.63) is 0 Å². The van der Waals surface area contributed by atoms with Crippen LogP contribution in [-0.4, -0.2) is 16.9 Å². The number of aliphatic hydroxyl groups is 1. The maximum Gasteiger partial charge on any atom is 0.116 e. The molecular formula is C6H11NO. The Labute approximate surface area is 48.9 Å². The van der Waals surface area contributed by atoms with Gasteiger partial charge in [0.2, 0.25) is 0 Å². The van der Waals surface area contributed by atoms with E-state index >= 15 is 0 Å². The third kappa shape index (κ3) is 0.858. The Kier molecular flexibility index (Phi) is 0.746. The van der Waals surface area contributed by atoms with Crippen LogP contribution < -0.4 is 5.32 Å². The third-order valence-electron chi connectivity index (χ3n) is 1.77. The first-order chi connectivity index (χ1) is 3.79. The first-order valence-corrected chi connectivity index (χ1v) is 3.29. The Morgan fingerprint density at radius 2 is 2.00 bits per heavy atom. The highest BCUT2D eigenvalue weighted by Gasteiger charge is 2.43. The summed E-state index contributed by atoms with van der Waals surface area (Å²) in [6.07, 6.45) is 4.46. The maximum atomic E-state index is 9.23. The van der Waals surface area contributed by atoms with Gasteiger partial charge in [0.25, 0.3) is 0 Å². The molecule has 2 aliphatic carbocycles. The van der Waals surface area contributed by atoms with Gasteiger partial charge in [0.1, 0.15) is 5.72 Å². The predicted molar refractivity (Wildman–Crippen MR) is 30.3 cm³/mol. The zero-order valence-electron chi connectivity index (χ0n) is 4.85. The average molecular weight is 113 g/mol. The second kappa shape index (κ2) is 1.25. The molecule has 0 aliphatic heterocycles. The van der Waals surface area contributed by atoms with E-state index in [9.17, 15) is 5.11 Å². The Morgan fingerprint density at radius 1 is 1.38 bits per heavy atom. The number of nitrogens with one attached hydrogen (secondary N) is 1. The van der Waals surface area contributed by atoms with Gasteiger partial charge in [-0.2, -0.15) is 0 Å². The molecular weight excluding hydrogens is 102 g/mol. The second-order valence-corrected chi connectivity index (χ2v) is 2.95. The maximum absolute atomic E-state index is 9.23. The lowest BCUT2D eigenvalue weighted by Crippen LogP contribution is -2.32. The van der Waals surface area contributed by atoms with Crippen LogP contribution in [0.2, 0.25) is 0 Å². The average Bonchev–Trinajstić information content (AvgIpc) is 2.49. The minimum absolute atomic E-state index is 0.416. The van der Waals surface area contributed by atoms with E-state index in [4.69, 9.17) is 0 Å². The minimum atomic E-state index is -0.416. The summed E-state index contributed by atoms with van der Waals surface area (Å²) in [6, 6.07) is 0.655. The second-order valence-electron chi connectivity index (χ2n) is 2.95. The Balaban J connectivity index is 1.81. The topological polar surface area (TPSA) is 32.3 Å². The van der Waals surface area contributed by atoms with Gasteiger partial charge >= 0.3 is 0 Å². The molecule has 0 unspecified atom stereocenters. The number of hydrogen-bond acceptors (Lipinski definition) is 2. The highest BCUT2D eigenvalue weighted by atomic mass is 16.3. The van der Waals surface area contributed by atoms with E-state index in [0.717, 1.165) is 12.8 Å². The van der Waals surface area contributed by atoms with Crippen molar-refractivity contribution in [2.45, 2.75) is 37.5 Å². The first-order valence-electron chi connectivity index (χ1n) is 3.29. The molecule has 2 rings (SSSR count). The Morgan fingerprint density at radius 3 is 2.38 bits per heavy atom. The molecule has 0 aromatic heterocycles. The molecule has 2 aliphatic rings. The lowest BCUT2D eigenvalue weighted by atomic mass is 10.5. The molecule has 0 saturated heterocycles. The fourth-order valence-electron chi connectivity index (χ4n) is 0.870. The van der Waals surface area contributed by atoms with Crippen molar-refractivity contribution in [2.24, 2.45) is 0 Å². The van der Waals surface area contributed by atoms with Crippen LogP contribution in [0.3, 0.4) is 0 Å². The van der Waals surface area contributed by atoms with Crippen molar-refractivity contribution >= 4 is 0 Å². The van der Waals surface area contributed by atoms with Crippen LogP contribution >= 0.6 is 0 Å². The quantitative estimate of drug-likeness (QED) is 0.502. The van der Waals surface area contributed by atoms with E-state index in [1.807, 2.05) is 0 Å². The normalized spacial score (nSPS) is 32.6. The first kappa shape index (κ1) is 4.77. The van der Waals surface area contributed by atoms with Crippen LogP contribution in [-0.2, 0) is 0 Å². The summed E-state index contributed by atoms with van der Waals surface area (Å²) >= 11 is 0. The van der Waals surface area contributed by atoms with Crippen molar-refractivity contribution in [1.29, 1.82) is 0 Å². The molecule has 2 heteroatoms. The largest absolute Gasteiger partial charge is 0.376 e. The summed E-state index contributed by atoms with van der Waals surface area (Å²) in [5.41, 5.74) is -0.416. The summed E-state index contributed by atoms with van der Waals surface area (Å²) in [5.74, 6) is 0. The van der Waals surface area contributed by atoms with Crippen molar-refractivity contribution in [3.8, 4) is 0 Å². The molecule has 2 saturated carbocycles. The van der Waals surface area contributed by atoms with Gasteiger partial charge in [0, 0.05) is 6.04 Å². The molecule has 0 radical (unpaired) electrons. The van der Waals surface area contributed by atoms with Gasteiger partial charge in [-0.1, -0.05) is 0 Å². The van der Waals surface area contributed by atoms with Crippen molar-refractivity contribution in [3.63, 3.8) is 0 Å². The van der Waals surface area contributed by atoms with Gasteiger partial charge < -0.3 is 5.11 Å². The minimum Gasteiger partial charge on any atom is -0.376 e. The van der Waals surface area contributed by atoms with Crippen molar-refractivity contribution < 1.29 is 5.11 Å². The van der Waals surface area contributed by atoms with Crippen LogP contribution in [0.4, 0.5) is 0 Å². The number of hydrogen-bond donors (Lipinski definition) is 2. The molecule has 0 aromatic rings. The molecule has 0 bridgehead atoms. The van der Waals surface area contributed by atoms with E-state index in [1.165, 1.54) is 12.8 Å². The fourth-order valence-corrected chi connectivity index (χ4v) is 0.870. The third-order valence-corrected chi connectivity index (χ3v) is 1.77. The van der Waals surface area contributed by atoms with Crippen LogP contribution in [0.15, 0.2) is 0 Å². The molecule has 2 nitrogen and oxygen atoms in total. The van der Waals surface area contributed by atoms with Gasteiger partial charge in [0.05, 0.1) is 0 Å².